The van der Waals surface area contributed by atoms with Crippen LogP contribution in [-0.2, 0) is 11.2 Å². The fraction of sp³-hybridized carbons (Fsp3) is 0.118. The van der Waals surface area contributed by atoms with Crippen LogP contribution in [0.25, 0.3) is 6.08 Å². The van der Waals surface area contributed by atoms with E-state index in [1.807, 2.05) is 24.3 Å². The molecule has 1 N–H and O–H groups in total. The Labute approximate surface area is 118 Å². The van der Waals surface area contributed by atoms with Crippen LogP contribution in [0, 0.1) is 5.82 Å². The molecule has 2 aromatic rings. The molecule has 0 aliphatic rings. The molecule has 2 rings (SSSR count). The average Bonchev–Trinajstić information content (AvgIpc) is 2.46. The highest BCUT2D eigenvalue weighted by atomic mass is 19.1. The van der Waals surface area contributed by atoms with Crippen molar-refractivity contribution in [1.82, 2.24) is 0 Å². The lowest BCUT2D eigenvalue weighted by atomic mass is 10.1. The van der Waals surface area contributed by atoms with Crippen LogP contribution in [0.5, 0.6) is 0 Å². The van der Waals surface area contributed by atoms with E-state index in [1.165, 1.54) is 18.2 Å². The van der Waals surface area contributed by atoms with Crippen LogP contribution in [0.15, 0.2) is 54.6 Å². The summed E-state index contributed by atoms with van der Waals surface area (Å²) >= 11 is 0. The number of carbonyl (C=O) groups is 1. The van der Waals surface area contributed by atoms with Crippen molar-refractivity contribution in [1.29, 1.82) is 0 Å². The topological polar surface area (TPSA) is 29.1 Å². The summed E-state index contributed by atoms with van der Waals surface area (Å²) < 4.78 is 13.4. The molecule has 0 saturated carbocycles. The van der Waals surface area contributed by atoms with Crippen molar-refractivity contribution >= 4 is 17.7 Å². The fourth-order valence-corrected chi connectivity index (χ4v) is 1.83. The van der Waals surface area contributed by atoms with Gasteiger partial charge in [-0.15, -0.1) is 0 Å². The van der Waals surface area contributed by atoms with Gasteiger partial charge >= 0.3 is 0 Å². The number of anilines is 1. The summed E-state index contributed by atoms with van der Waals surface area (Å²) in [5.41, 5.74) is 2.29. The summed E-state index contributed by atoms with van der Waals surface area (Å²) in [6.07, 6.45) is 3.71. The predicted octanol–water partition coefficient (Wildman–Crippen LogP) is 4.04. The molecule has 0 radical (unpaired) electrons. The van der Waals surface area contributed by atoms with Gasteiger partial charge in [0, 0.05) is 17.3 Å². The number of aryl methyl sites for hydroxylation is 1. The second-order valence-electron chi connectivity index (χ2n) is 4.40. The van der Waals surface area contributed by atoms with Gasteiger partial charge in [0.15, 0.2) is 0 Å². The normalized spacial score (nSPS) is 10.7. The first-order valence-corrected chi connectivity index (χ1v) is 6.51. The Bertz CT molecular complexity index is 634. The third kappa shape index (κ3) is 3.79. The highest BCUT2D eigenvalue weighted by Gasteiger charge is 2.00. The number of rotatable bonds is 4. The maximum atomic E-state index is 13.4. The zero-order chi connectivity index (χ0) is 14.4. The number of halogens is 1. The molecule has 0 aliphatic heterocycles. The zero-order valence-corrected chi connectivity index (χ0v) is 11.3. The Morgan fingerprint density at radius 2 is 2.00 bits per heavy atom. The van der Waals surface area contributed by atoms with Crippen molar-refractivity contribution in [2.75, 3.05) is 5.32 Å². The van der Waals surface area contributed by atoms with Crippen molar-refractivity contribution in [3.8, 4) is 0 Å². The molecule has 0 fully saturated rings. The van der Waals surface area contributed by atoms with E-state index in [2.05, 4.69) is 12.2 Å². The maximum absolute atomic E-state index is 13.4. The summed E-state index contributed by atoms with van der Waals surface area (Å²) in [5, 5.41) is 2.76. The Kier molecular flexibility index (Phi) is 4.66. The second kappa shape index (κ2) is 6.66. The van der Waals surface area contributed by atoms with E-state index in [4.69, 9.17) is 0 Å². The standard InChI is InChI=1S/C17H16FNO/c1-2-13-6-5-8-15(12-13)19-17(20)11-10-14-7-3-4-9-16(14)18/h3-12H,2H2,1H3,(H,19,20)/b11-10+. The van der Waals surface area contributed by atoms with Crippen molar-refractivity contribution in [3.05, 3.63) is 71.6 Å². The van der Waals surface area contributed by atoms with Gasteiger partial charge in [0.2, 0.25) is 5.91 Å². The summed E-state index contributed by atoms with van der Waals surface area (Å²) in [5.74, 6) is -0.619. The molecule has 0 unspecified atom stereocenters. The van der Waals surface area contributed by atoms with Crippen LogP contribution in [0.2, 0.25) is 0 Å². The predicted molar refractivity (Wildman–Crippen MR) is 79.9 cm³/mol. The zero-order valence-electron chi connectivity index (χ0n) is 11.3. The molecule has 0 aliphatic carbocycles. The van der Waals surface area contributed by atoms with Crippen LogP contribution in [0.4, 0.5) is 10.1 Å². The van der Waals surface area contributed by atoms with Gasteiger partial charge < -0.3 is 5.32 Å². The number of hydrogen-bond acceptors (Lipinski definition) is 1. The van der Waals surface area contributed by atoms with Crippen molar-refractivity contribution < 1.29 is 9.18 Å². The Hall–Kier alpha value is -2.42. The second-order valence-corrected chi connectivity index (χ2v) is 4.40. The smallest absolute Gasteiger partial charge is 0.248 e. The molecule has 1 amide bonds. The maximum Gasteiger partial charge on any atom is 0.248 e. The van der Waals surface area contributed by atoms with E-state index < -0.39 is 0 Å². The van der Waals surface area contributed by atoms with E-state index in [9.17, 15) is 9.18 Å². The van der Waals surface area contributed by atoms with Gasteiger partial charge in [-0.2, -0.15) is 0 Å². The van der Waals surface area contributed by atoms with Gasteiger partial charge in [-0.1, -0.05) is 37.3 Å². The molecule has 102 valence electrons. The highest BCUT2D eigenvalue weighted by molar-refractivity contribution is 6.01. The summed E-state index contributed by atoms with van der Waals surface area (Å²) in [4.78, 5) is 11.8. The van der Waals surface area contributed by atoms with E-state index in [0.717, 1.165) is 17.7 Å². The molecule has 20 heavy (non-hydrogen) atoms. The Morgan fingerprint density at radius 1 is 1.20 bits per heavy atom. The summed E-state index contributed by atoms with van der Waals surface area (Å²) in [6.45, 7) is 2.05. The monoisotopic (exact) mass is 269 g/mol. The molecule has 0 saturated heterocycles. The highest BCUT2D eigenvalue weighted by Crippen LogP contribution is 2.12. The molecule has 0 spiro atoms. The quantitative estimate of drug-likeness (QED) is 0.834. The van der Waals surface area contributed by atoms with Crippen molar-refractivity contribution in [3.63, 3.8) is 0 Å². The lowest BCUT2D eigenvalue weighted by molar-refractivity contribution is -0.111. The van der Waals surface area contributed by atoms with E-state index in [-0.39, 0.29) is 11.7 Å². The first kappa shape index (κ1) is 14.0. The van der Waals surface area contributed by atoms with Crippen LogP contribution in [0.1, 0.15) is 18.1 Å². The Balaban J connectivity index is 2.04. The van der Waals surface area contributed by atoms with E-state index >= 15 is 0 Å². The number of carbonyl (C=O) groups excluding carboxylic acids is 1. The lowest BCUT2D eigenvalue weighted by Gasteiger charge is -2.04. The van der Waals surface area contributed by atoms with Crippen molar-refractivity contribution in [2.24, 2.45) is 0 Å². The largest absolute Gasteiger partial charge is 0.323 e. The van der Waals surface area contributed by atoms with Gasteiger partial charge in [-0.05, 0) is 36.3 Å². The molecule has 0 atom stereocenters. The molecule has 3 heteroatoms. The fourth-order valence-electron chi connectivity index (χ4n) is 1.83. The first-order valence-electron chi connectivity index (χ1n) is 6.51. The van der Waals surface area contributed by atoms with E-state index in [1.54, 1.807) is 18.2 Å². The van der Waals surface area contributed by atoms with Gasteiger partial charge in [-0.3, -0.25) is 4.79 Å². The van der Waals surface area contributed by atoms with Crippen molar-refractivity contribution in [2.45, 2.75) is 13.3 Å². The average molecular weight is 269 g/mol. The molecule has 2 nitrogen and oxygen atoms in total. The minimum absolute atomic E-state index is 0.276. The molecule has 2 aromatic carbocycles. The van der Waals surface area contributed by atoms with Crippen LogP contribution in [-0.4, -0.2) is 5.91 Å². The third-order valence-electron chi connectivity index (χ3n) is 2.92. The van der Waals surface area contributed by atoms with Crippen LogP contribution >= 0.6 is 0 Å². The molecule has 0 aromatic heterocycles. The third-order valence-corrected chi connectivity index (χ3v) is 2.92. The SMILES string of the molecule is CCc1cccc(NC(=O)/C=C/c2ccccc2F)c1. The molecular weight excluding hydrogens is 253 g/mol. The van der Waals surface area contributed by atoms with Gasteiger partial charge in [-0.25, -0.2) is 4.39 Å². The van der Waals surface area contributed by atoms with Crippen LogP contribution < -0.4 is 5.32 Å². The number of amides is 1. The Morgan fingerprint density at radius 3 is 2.75 bits per heavy atom. The molecule has 0 heterocycles. The van der Waals surface area contributed by atoms with Gasteiger partial charge in [0.25, 0.3) is 0 Å². The number of nitrogens with one attached hydrogen (secondary N) is 1. The molecule has 0 bridgehead atoms. The summed E-state index contributed by atoms with van der Waals surface area (Å²) in [6, 6.07) is 14.0. The minimum Gasteiger partial charge on any atom is -0.323 e. The first-order chi connectivity index (χ1) is 9.69. The number of hydrogen-bond donors (Lipinski definition) is 1. The van der Waals surface area contributed by atoms with Crippen LogP contribution in [0.3, 0.4) is 0 Å². The van der Waals surface area contributed by atoms with Gasteiger partial charge in [0.05, 0.1) is 0 Å². The van der Waals surface area contributed by atoms with E-state index in [0.29, 0.717) is 5.56 Å². The summed E-state index contributed by atoms with van der Waals surface area (Å²) in [7, 11) is 0. The number of benzene rings is 2. The molecular formula is C17H16FNO. The lowest BCUT2D eigenvalue weighted by Crippen LogP contribution is -2.07. The van der Waals surface area contributed by atoms with Gasteiger partial charge in [0.1, 0.15) is 5.82 Å². The minimum atomic E-state index is -0.343.